The third-order valence-electron chi connectivity index (χ3n) is 3.10. The Hall–Kier alpha value is -1.73. The number of carbonyl (C=O) groups excluding carboxylic acids is 1. The Bertz CT molecular complexity index is 747. The van der Waals surface area contributed by atoms with E-state index in [9.17, 15) is 18.7 Å². The van der Waals surface area contributed by atoms with E-state index in [-0.39, 0.29) is 5.56 Å². The molecule has 2 unspecified atom stereocenters. The number of aryl methyl sites for hydroxylation is 1. The number of halogens is 1. The fraction of sp³-hybridized carbons (Fsp3) is 0.188. The summed E-state index contributed by atoms with van der Waals surface area (Å²) in [5, 5.41) is 10.9. The lowest BCUT2D eigenvalue weighted by Crippen LogP contribution is -2.11. The average molecular weight is 354 g/mol. The Balaban J connectivity index is 2.29. The van der Waals surface area contributed by atoms with E-state index >= 15 is 0 Å². The topological polar surface area (TPSA) is 86.7 Å². The Morgan fingerprint density at radius 2 is 2.04 bits per heavy atom. The molecule has 0 aliphatic carbocycles. The zero-order valence-corrected chi connectivity index (χ0v) is 13.8. The minimum absolute atomic E-state index is 0.173. The maximum absolute atomic E-state index is 11.9. The molecule has 0 bridgehead atoms. The van der Waals surface area contributed by atoms with Crippen LogP contribution in [0.1, 0.15) is 33.2 Å². The molecule has 2 atom stereocenters. The van der Waals surface area contributed by atoms with E-state index in [2.05, 4.69) is 4.74 Å². The zero-order chi connectivity index (χ0) is 17.0. The highest BCUT2D eigenvalue weighted by Gasteiger charge is 2.15. The highest BCUT2D eigenvalue weighted by molar-refractivity contribution is 7.78. The van der Waals surface area contributed by atoms with Crippen molar-refractivity contribution in [1.29, 1.82) is 0 Å². The van der Waals surface area contributed by atoms with Crippen LogP contribution in [0.5, 0.6) is 0 Å². The lowest BCUT2D eigenvalue weighted by Gasteiger charge is -2.14. The number of benzene rings is 2. The summed E-state index contributed by atoms with van der Waals surface area (Å²) in [6.45, 7) is 1.76. The molecule has 0 saturated heterocycles. The van der Waals surface area contributed by atoms with Crippen LogP contribution in [0.15, 0.2) is 42.5 Å². The third-order valence-corrected chi connectivity index (χ3v) is 3.65. The standard InChI is InChI=1S/C16H15ClO5S/c1-10-5-12(15(18)11-3-2-4-14(17)8-11)7-13(6-10)16(19)22-9-23(20)21/h2-8,15,18H,9H2,1H3,(H,20,21)/p-1. The summed E-state index contributed by atoms with van der Waals surface area (Å²) in [6.07, 6.45) is -0.964. The van der Waals surface area contributed by atoms with Crippen molar-refractivity contribution in [3.05, 3.63) is 69.7 Å². The predicted molar refractivity (Wildman–Crippen MR) is 85.9 cm³/mol. The van der Waals surface area contributed by atoms with Gasteiger partial charge in [-0.25, -0.2) is 4.79 Å². The van der Waals surface area contributed by atoms with Gasteiger partial charge in [0, 0.05) is 5.02 Å². The van der Waals surface area contributed by atoms with Gasteiger partial charge in [-0.05, 0) is 59.0 Å². The maximum Gasteiger partial charge on any atom is 0.339 e. The van der Waals surface area contributed by atoms with Gasteiger partial charge in [0.25, 0.3) is 0 Å². The molecule has 0 aliphatic rings. The number of carbonyl (C=O) groups is 1. The monoisotopic (exact) mass is 353 g/mol. The van der Waals surface area contributed by atoms with Crippen molar-refractivity contribution in [2.45, 2.75) is 13.0 Å². The number of hydrogen-bond donors (Lipinski definition) is 1. The quantitative estimate of drug-likeness (QED) is 0.659. The fourth-order valence-corrected chi connectivity index (χ4v) is 2.54. The molecule has 0 heterocycles. The first kappa shape index (κ1) is 17.6. The van der Waals surface area contributed by atoms with E-state index in [0.717, 1.165) is 5.56 Å². The number of rotatable bonds is 5. The van der Waals surface area contributed by atoms with Gasteiger partial charge in [-0.2, -0.15) is 0 Å². The van der Waals surface area contributed by atoms with Crippen molar-refractivity contribution >= 4 is 28.7 Å². The molecule has 0 aromatic heterocycles. The van der Waals surface area contributed by atoms with E-state index in [4.69, 9.17) is 11.6 Å². The second kappa shape index (κ2) is 7.70. The van der Waals surface area contributed by atoms with Gasteiger partial charge in [-0.1, -0.05) is 29.8 Å². The van der Waals surface area contributed by atoms with Gasteiger partial charge in [0.15, 0.2) is 5.94 Å². The maximum atomic E-state index is 11.9. The third kappa shape index (κ3) is 4.87. The summed E-state index contributed by atoms with van der Waals surface area (Å²) in [4.78, 5) is 11.9. The smallest absolute Gasteiger partial charge is 0.339 e. The molecule has 0 radical (unpaired) electrons. The van der Waals surface area contributed by atoms with Crippen molar-refractivity contribution in [2.24, 2.45) is 0 Å². The molecule has 0 amide bonds. The molecule has 2 aromatic rings. The van der Waals surface area contributed by atoms with Crippen LogP contribution in [0.4, 0.5) is 0 Å². The lowest BCUT2D eigenvalue weighted by molar-refractivity contribution is 0.0569. The highest BCUT2D eigenvalue weighted by atomic mass is 35.5. The summed E-state index contributed by atoms with van der Waals surface area (Å²) in [5.74, 6) is -1.48. The molecule has 0 fully saturated rings. The molecule has 2 rings (SSSR count). The van der Waals surface area contributed by atoms with Crippen LogP contribution >= 0.6 is 11.6 Å². The molecule has 2 aromatic carbocycles. The molecule has 1 N–H and O–H groups in total. The summed E-state index contributed by atoms with van der Waals surface area (Å²) < 4.78 is 25.6. The van der Waals surface area contributed by atoms with Gasteiger partial charge < -0.3 is 14.4 Å². The van der Waals surface area contributed by atoms with E-state index in [1.807, 2.05) is 0 Å². The van der Waals surface area contributed by atoms with Crippen molar-refractivity contribution in [1.82, 2.24) is 0 Å². The Morgan fingerprint density at radius 1 is 1.30 bits per heavy atom. The minimum Gasteiger partial charge on any atom is -0.770 e. The van der Waals surface area contributed by atoms with Gasteiger partial charge in [0.1, 0.15) is 6.10 Å². The summed E-state index contributed by atoms with van der Waals surface area (Å²) in [5.41, 5.74) is 1.98. The first-order valence-corrected chi connectivity index (χ1v) is 8.27. The molecule has 0 saturated carbocycles. The first-order valence-electron chi connectivity index (χ1n) is 6.65. The largest absolute Gasteiger partial charge is 0.770 e. The average Bonchev–Trinajstić information content (AvgIpc) is 2.51. The number of hydrogen-bond acceptors (Lipinski definition) is 5. The second-order valence-corrected chi connectivity index (χ2v) is 6.22. The van der Waals surface area contributed by atoms with Crippen LogP contribution in [0.2, 0.25) is 5.02 Å². The van der Waals surface area contributed by atoms with Gasteiger partial charge in [-0.3, -0.25) is 4.21 Å². The van der Waals surface area contributed by atoms with Crippen molar-refractivity contribution in [3.63, 3.8) is 0 Å². The van der Waals surface area contributed by atoms with Crippen LogP contribution in [0.25, 0.3) is 0 Å². The molecule has 7 heteroatoms. The Kier molecular flexibility index (Phi) is 5.90. The summed E-state index contributed by atoms with van der Waals surface area (Å²) in [6, 6.07) is 11.5. The fourth-order valence-electron chi connectivity index (χ4n) is 2.14. The lowest BCUT2D eigenvalue weighted by atomic mass is 9.97. The molecule has 23 heavy (non-hydrogen) atoms. The van der Waals surface area contributed by atoms with Crippen molar-refractivity contribution in [3.8, 4) is 0 Å². The SMILES string of the molecule is Cc1cc(C(=O)OCS(=O)[O-])cc(C(O)c2cccc(Cl)c2)c1. The van der Waals surface area contributed by atoms with E-state index in [1.54, 1.807) is 43.3 Å². The van der Waals surface area contributed by atoms with Gasteiger partial charge in [0.2, 0.25) is 0 Å². The van der Waals surface area contributed by atoms with E-state index < -0.39 is 29.1 Å². The van der Waals surface area contributed by atoms with Crippen LogP contribution in [-0.4, -0.2) is 25.8 Å². The van der Waals surface area contributed by atoms with E-state index in [1.165, 1.54) is 6.07 Å². The Labute approximate surface area is 141 Å². The molecule has 5 nitrogen and oxygen atoms in total. The second-order valence-electron chi connectivity index (χ2n) is 4.94. The van der Waals surface area contributed by atoms with Gasteiger partial charge in [0.05, 0.1) is 5.56 Å². The first-order chi connectivity index (χ1) is 10.9. The molecular weight excluding hydrogens is 340 g/mol. The molecule has 122 valence electrons. The van der Waals surface area contributed by atoms with E-state index in [0.29, 0.717) is 16.1 Å². The molecule has 0 aliphatic heterocycles. The number of esters is 1. The predicted octanol–water partition coefficient (Wildman–Crippen LogP) is 2.72. The minimum atomic E-state index is -2.47. The number of ether oxygens (including phenoxy) is 1. The van der Waals surface area contributed by atoms with Crippen molar-refractivity contribution < 1.29 is 23.4 Å². The number of aliphatic hydroxyl groups is 1. The zero-order valence-electron chi connectivity index (χ0n) is 12.2. The van der Waals surface area contributed by atoms with Crippen LogP contribution in [-0.2, 0) is 15.8 Å². The normalized spacial score (nSPS) is 13.4. The van der Waals surface area contributed by atoms with Gasteiger partial charge in [-0.15, -0.1) is 0 Å². The van der Waals surface area contributed by atoms with Crippen LogP contribution in [0.3, 0.4) is 0 Å². The Morgan fingerprint density at radius 3 is 2.70 bits per heavy atom. The summed E-state index contributed by atoms with van der Waals surface area (Å²) >= 11 is 3.45. The number of aliphatic hydroxyl groups excluding tert-OH is 1. The van der Waals surface area contributed by atoms with Crippen LogP contribution in [0, 0.1) is 6.92 Å². The summed E-state index contributed by atoms with van der Waals surface area (Å²) in [7, 11) is 0. The highest BCUT2D eigenvalue weighted by Crippen LogP contribution is 2.26. The van der Waals surface area contributed by atoms with Gasteiger partial charge >= 0.3 is 5.97 Å². The van der Waals surface area contributed by atoms with Crippen LogP contribution < -0.4 is 0 Å². The van der Waals surface area contributed by atoms with Crippen molar-refractivity contribution in [2.75, 3.05) is 5.94 Å². The molecular formula is C16H14ClO5S-. The molecule has 0 spiro atoms.